The molecule has 1 saturated carbocycles. The van der Waals surface area contributed by atoms with Crippen molar-refractivity contribution in [3.63, 3.8) is 0 Å². The van der Waals surface area contributed by atoms with E-state index in [4.69, 9.17) is 13.9 Å². The summed E-state index contributed by atoms with van der Waals surface area (Å²) in [6, 6.07) is 3.80. The number of carbonyl (C=O) groups is 1. The lowest BCUT2D eigenvalue weighted by molar-refractivity contribution is -0.137. The maximum absolute atomic E-state index is 14.4. The highest BCUT2D eigenvalue weighted by atomic mass is 19.4. The minimum Gasteiger partial charge on any atom is -0.454 e. The molecule has 1 saturated heterocycles. The normalized spacial score (nSPS) is 20.2. The number of amides is 1. The van der Waals surface area contributed by atoms with E-state index in [9.17, 15) is 18.0 Å². The standard InChI is InChI=1S/C25H25F3N4O4/c1-14-2-3-15(9-29-14)11-32-12-17-21(31-32)19-18(8-24(17)4-5-24)36-22(20(19)25(26,27)28)23(33)30-10-16-13-34-6-7-35-16/h2-3,9,12,16H,4-8,10-11,13H2,1H3,(H,30,33)/t16-/m1/s1. The lowest BCUT2D eigenvalue weighted by atomic mass is 9.82. The van der Waals surface area contributed by atoms with Crippen LogP contribution in [-0.4, -0.2) is 53.1 Å². The Hall–Kier alpha value is -3.18. The third-order valence-corrected chi connectivity index (χ3v) is 7.09. The number of aryl methyl sites for hydroxylation is 1. The van der Waals surface area contributed by atoms with E-state index in [0.717, 1.165) is 29.7 Å². The lowest BCUT2D eigenvalue weighted by Gasteiger charge is -2.23. The van der Waals surface area contributed by atoms with Crippen molar-refractivity contribution in [1.29, 1.82) is 0 Å². The number of pyridine rings is 1. The second-order valence-corrected chi connectivity index (χ2v) is 9.73. The van der Waals surface area contributed by atoms with Gasteiger partial charge in [0.15, 0.2) is 0 Å². The molecule has 2 aliphatic carbocycles. The molecule has 0 unspecified atom stereocenters. The molecule has 4 heterocycles. The van der Waals surface area contributed by atoms with Crippen molar-refractivity contribution in [1.82, 2.24) is 20.1 Å². The molecule has 8 nitrogen and oxygen atoms in total. The molecule has 1 aliphatic heterocycles. The predicted octanol–water partition coefficient (Wildman–Crippen LogP) is 3.65. The topological polar surface area (TPSA) is 91.4 Å². The zero-order valence-electron chi connectivity index (χ0n) is 19.7. The van der Waals surface area contributed by atoms with Crippen LogP contribution < -0.4 is 5.32 Å². The number of ether oxygens (including phenoxy) is 2. The molecule has 1 atom stereocenters. The summed E-state index contributed by atoms with van der Waals surface area (Å²) in [4.78, 5) is 17.2. The second kappa shape index (κ2) is 8.45. The fraction of sp³-hybridized carbons (Fsp3) is 0.480. The first kappa shape index (κ1) is 23.2. The van der Waals surface area contributed by atoms with Gasteiger partial charge in [0.05, 0.1) is 38.0 Å². The summed E-state index contributed by atoms with van der Waals surface area (Å²) in [6.07, 6.45) is 0.317. The number of hydrogen-bond donors (Lipinski definition) is 1. The monoisotopic (exact) mass is 502 g/mol. The fourth-order valence-corrected chi connectivity index (χ4v) is 5.08. The van der Waals surface area contributed by atoms with Gasteiger partial charge in [-0.3, -0.25) is 14.5 Å². The summed E-state index contributed by atoms with van der Waals surface area (Å²) >= 11 is 0. The van der Waals surface area contributed by atoms with Crippen molar-refractivity contribution in [3.05, 3.63) is 58.4 Å². The third-order valence-electron chi connectivity index (χ3n) is 7.09. The zero-order valence-corrected chi connectivity index (χ0v) is 19.7. The first-order valence-electron chi connectivity index (χ1n) is 11.9. The summed E-state index contributed by atoms with van der Waals surface area (Å²) in [5.41, 5.74) is 1.29. The van der Waals surface area contributed by atoms with Crippen LogP contribution in [0.1, 0.15) is 51.5 Å². The summed E-state index contributed by atoms with van der Waals surface area (Å²) in [5.74, 6) is -1.50. The van der Waals surface area contributed by atoms with Crippen molar-refractivity contribution in [2.45, 2.75) is 50.4 Å². The van der Waals surface area contributed by atoms with Gasteiger partial charge in [-0.25, -0.2) is 0 Å². The van der Waals surface area contributed by atoms with Crippen molar-refractivity contribution in [3.8, 4) is 11.3 Å². The van der Waals surface area contributed by atoms with Crippen molar-refractivity contribution < 1.29 is 31.9 Å². The Labute approximate surface area is 204 Å². The predicted molar refractivity (Wildman–Crippen MR) is 121 cm³/mol. The first-order valence-corrected chi connectivity index (χ1v) is 11.9. The average Bonchev–Trinajstić information content (AvgIpc) is 3.30. The SMILES string of the molecule is Cc1ccc(Cn2cc3c(n2)-c2c(oc(C(=O)NC[C@@H]4COCCO4)c2C(F)(F)F)CC32CC2)cn1. The van der Waals surface area contributed by atoms with E-state index in [2.05, 4.69) is 15.4 Å². The van der Waals surface area contributed by atoms with Crippen molar-refractivity contribution >= 4 is 5.91 Å². The van der Waals surface area contributed by atoms with Crippen molar-refractivity contribution in [2.24, 2.45) is 0 Å². The van der Waals surface area contributed by atoms with Gasteiger partial charge in [-0.15, -0.1) is 0 Å². The van der Waals surface area contributed by atoms with Gasteiger partial charge in [0, 0.05) is 42.0 Å². The molecule has 1 N–H and O–H groups in total. The van der Waals surface area contributed by atoms with E-state index >= 15 is 0 Å². The molecule has 3 aromatic heterocycles. The number of nitrogens with one attached hydrogen (secondary N) is 1. The molecule has 1 amide bonds. The van der Waals surface area contributed by atoms with E-state index in [-0.39, 0.29) is 35.6 Å². The number of fused-ring (bicyclic) bond motifs is 4. The molecular weight excluding hydrogens is 477 g/mol. The van der Waals surface area contributed by atoms with Crippen LogP contribution in [0.5, 0.6) is 0 Å². The van der Waals surface area contributed by atoms with Gasteiger partial charge < -0.3 is 19.2 Å². The minimum absolute atomic E-state index is 0.0237. The average molecular weight is 502 g/mol. The van der Waals surface area contributed by atoms with Crippen LogP contribution in [0.2, 0.25) is 0 Å². The quantitative estimate of drug-likeness (QED) is 0.573. The summed E-state index contributed by atoms with van der Waals surface area (Å²) < 4.78 is 61.3. The molecule has 11 heteroatoms. The largest absolute Gasteiger partial charge is 0.454 e. The van der Waals surface area contributed by atoms with Gasteiger partial charge in [0.1, 0.15) is 17.0 Å². The van der Waals surface area contributed by atoms with E-state index < -0.39 is 29.5 Å². The number of rotatable bonds is 5. The van der Waals surface area contributed by atoms with Crippen LogP contribution in [0.25, 0.3) is 11.3 Å². The fourth-order valence-electron chi connectivity index (χ4n) is 5.08. The van der Waals surface area contributed by atoms with Crippen molar-refractivity contribution in [2.75, 3.05) is 26.4 Å². The zero-order chi connectivity index (χ0) is 25.1. The van der Waals surface area contributed by atoms with Crippen LogP contribution in [0.15, 0.2) is 28.9 Å². The van der Waals surface area contributed by atoms with Crippen LogP contribution in [0.4, 0.5) is 13.2 Å². The number of furan rings is 1. The molecule has 3 aliphatic rings. The Bertz CT molecular complexity index is 1300. The highest BCUT2D eigenvalue weighted by molar-refractivity contribution is 5.96. The van der Waals surface area contributed by atoms with E-state index in [0.29, 0.717) is 26.2 Å². The molecule has 6 rings (SSSR count). The summed E-state index contributed by atoms with van der Waals surface area (Å²) in [7, 11) is 0. The van der Waals surface area contributed by atoms with Gasteiger partial charge in [-0.1, -0.05) is 6.07 Å². The smallest absolute Gasteiger partial charge is 0.420 e. The molecule has 0 bridgehead atoms. The minimum atomic E-state index is -4.80. The van der Waals surface area contributed by atoms with Crippen LogP contribution in [0.3, 0.4) is 0 Å². The second-order valence-electron chi connectivity index (χ2n) is 9.73. The summed E-state index contributed by atoms with van der Waals surface area (Å²) in [6.45, 7) is 3.37. The molecular formula is C25H25F3N4O4. The van der Waals surface area contributed by atoms with Gasteiger partial charge in [0.25, 0.3) is 5.91 Å². The van der Waals surface area contributed by atoms with Gasteiger partial charge >= 0.3 is 6.18 Å². The number of aromatic nitrogens is 3. The molecule has 2 fully saturated rings. The van der Waals surface area contributed by atoms with Crippen LogP contribution in [-0.2, 0) is 34.0 Å². The Morgan fingerprint density at radius 2 is 2.11 bits per heavy atom. The Morgan fingerprint density at radius 3 is 2.78 bits per heavy atom. The highest BCUT2D eigenvalue weighted by Gasteiger charge is 2.55. The molecule has 190 valence electrons. The molecule has 0 aromatic carbocycles. The Morgan fingerprint density at radius 1 is 1.28 bits per heavy atom. The van der Waals surface area contributed by atoms with E-state index in [1.165, 1.54) is 0 Å². The summed E-state index contributed by atoms with van der Waals surface area (Å²) in [5, 5.41) is 7.10. The number of hydrogen-bond acceptors (Lipinski definition) is 6. The highest BCUT2D eigenvalue weighted by Crippen LogP contribution is 2.59. The van der Waals surface area contributed by atoms with Crippen LogP contribution >= 0.6 is 0 Å². The Kier molecular flexibility index (Phi) is 5.45. The third kappa shape index (κ3) is 4.09. The molecule has 36 heavy (non-hydrogen) atoms. The number of nitrogens with zero attached hydrogens (tertiary/aromatic N) is 3. The maximum atomic E-state index is 14.4. The van der Waals surface area contributed by atoms with E-state index in [1.807, 2.05) is 25.3 Å². The maximum Gasteiger partial charge on any atom is 0.420 e. The Balaban J connectivity index is 1.36. The number of alkyl halides is 3. The molecule has 3 aromatic rings. The lowest BCUT2D eigenvalue weighted by Crippen LogP contribution is -2.40. The van der Waals surface area contributed by atoms with E-state index in [1.54, 1.807) is 10.9 Å². The number of halogens is 3. The van der Waals surface area contributed by atoms with Gasteiger partial charge in [-0.05, 0) is 31.4 Å². The van der Waals surface area contributed by atoms with Gasteiger partial charge in [0.2, 0.25) is 5.76 Å². The molecule has 1 spiro atoms. The molecule has 0 radical (unpaired) electrons. The van der Waals surface area contributed by atoms with Crippen LogP contribution in [0, 0.1) is 6.92 Å². The number of carbonyl (C=O) groups excluding carboxylic acids is 1. The van der Waals surface area contributed by atoms with Gasteiger partial charge in [-0.2, -0.15) is 18.3 Å². The first-order chi connectivity index (χ1) is 17.2.